The molecule has 14 heteroatoms. The van der Waals surface area contributed by atoms with Gasteiger partial charge in [0, 0.05) is 37.3 Å². The molecule has 3 rings (SSSR count). The highest BCUT2D eigenvalue weighted by Crippen LogP contribution is 2.31. The van der Waals surface area contributed by atoms with Gasteiger partial charge in [-0.05, 0) is 120 Å². The van der Waals surface area contributed by atoms with Gasteiger partial charge in [0.25, 0.3) is 0 Å². The van der Waals surface area contributed by atoms with Gasteiger partial charge in [-0.1, -0.05) is 0 Å². The van der Waals surface area contributed by atoms with E-state index in [1.54, 1.807) is 27.7 Å². The summed E-state index contributed by atoms with van der Waals surface area (Å²) in [5, 5.41) is 5.69. The molecule has 0 unspecified atom stereocenters. The summed E-state index contributed by atoms with van der Waals surface area (Å²) in [7, 11) is 0. The number of hydrogen-bond acceptors (Lipinski definition) is 6. The number of nitrogens with one attached hydrogen (secondary N) is 2. The van der Waals surface area contributed by atoms with E-state index in [1.807, 2.05) is 0 Å². The molecule has 0 saturated carbocycles. The second-order valence-corrected chi connectivity index (χ2v) is 12.0. The van der Waals surface area contributed by atoms with E-state index in [-0.39, 0.29) is 36.2 Å². The van der Waals surface area contributed by atoms with E-state index in [0.717, 1.165) is 45.7 Å². The first-order valence-corrected chi connectivity index (χ1v) is 15.6. The second-order valence-electron chi connectivity index (χ2n) is 12.0. The SMILES string of the molecule is Cc1cc(OC(F)(F)CF)cc(C)c1NC(=O)CCCN1CCCN(CCCC(=O)Nc2c(C)cc(OC(F)(F)CF)cc2C)CC1. The molecule has 1 aliphatic rings. The Morgan fingerprint density at radius 3 is 1.32 bits per heavy atom. The third-order valence-corrected chi connectivity index (χ3v) is 7.82. The number of nitrogens with zero attached hydrogens (tertiary/aromatic N) is 2. The van der Waals surface area contributed by atoms with Crippen LogP contribution in [0.1, 0.15) is 54.4 Å². The summed E-state index contributed by atoms with van der Waals surface area (Å²) >= 11 is 0. The smallest absolute Gasteiger partial charge is 0.427 e. The Morgan fingerprint density at radius 1 is 0.660 bits per heavy atom. The van der Waals surface area contributed by atoms with Crippen LogP contribution in [0.3, 0.4) is 0 Å². The van der Waals surface area contributed by atoms with E-state index in [9.17, 15) is 35.9 Å². The van der Waals surface area contributed by atoms with Gasteiger partial charge in [-0.15, -0.1) is 0 Å². The molecule has 1 fully saturated rings. The molecule has 0 radical (unpaired) electrons. The van der Waals surface area contributed by atoms with Crippen molar-refractivity contribution in [2.24, 2.45) is 0 Å². The summed E-state index contributed by atoms with van der Waals surface area (Å²) in [6, 6.07) is 5.35. The molecule has 0 aromatic heterocycles. The number of aryl methyl sites for hydroxylation is 4. The zero-order valence-electron chi connectivity index (χ0n) is 27.3. The quantitative estimate of drug-likeness (QED) is 0.188. The minimum Gasteiger partial charge on any atom is -0.431 e. The zero-order valence-corrected chi connectivity index (χ0v) is 27.3. The molecule has 8 nitrogen and oxygen atoms in total. The largest absolute Gasteiger partial charge is 0.431 e. The van der Waals surface area contributed by atoms with E-state index in [0.29, 0.717) is 46.5 Å². The maximum Gasteiger partial charge on any atom is 0.427 e. The number of ether oxygens (including phenoxy) is 2. The lowest BCUT2D eigenvalue weighted by atomic mass is 10.1. The molecule has 1 aliphatic heterocycles. The van der Waals surface area contributed by atoms with Crippen molar-refractivity contribution in [3.63, 3.8) is 0 Å². The van der Waals surface area contributed by atoms with Crippen LogP contribution in [0, 0.1) is 27.7 Å². The summed E-state index contributed by atoms with van der Waals surface area (Å²) in [5.74, 6) is -0.733. The number of carbonyl (C=O) groups excluding carboxylic acids is 2. The van der Waals surface area contributed by atoms with Crippen molar-refractivity contribution in [2.75, 3.05) is 63.3 Å². The van der Waals surface area contributed by atoms with Crippen molar-refractivity contribution in [2.45, 2.75) is 72.0 Å². The number of alkyl halides is 6. The third kappa shape index (κ3) is 12.2. The van der Waals surface area contributed by atoms with Gasteiger partial charge in [-0.3, -0.25) is 9.59 Å². The lowest BCUT2D eigenvalue weighted by Gasteiger charge is -2.22. The summed E-state index contributed by atoms with van der Waals surface area (Å²) in [6.07, 6.45) is -5.04. The van der Waals surface area contributed by atoms with Crippen LogP contribution < -0.4 is 20.1 Å². The summed E-state index contributed by atoms with van der Waals surface area (Å²) in [4.78, 5) is 29.9. The van der Waals surface area contributed by atoms with Crippen LogP contribution in [-0.4, -0.2) is 86.4 Å². The average Bonchev–Trinajstić information content (AvgIpc) is 3.21. The van der Waals surface area contributed by atoms with Gasteiger partial charge in [-0.2, -0.15) is 17.6 Å². The van der Waals surface area contributed by atoms with E-state index in [2.05, 4.69) is 29.9 Å². The first-order chi connectivity index (χ1) is 22.1. The van der Waals surface area contributed by atoms with Crippen LogP contribution in [-0.2, 0) is 9.59 Å². The number of carbonyl (C=O) groups is 2. The molecule has 1 heterocycles. The Morgan fingerprint density at radius 2 is 1.00 bits per heavy atom. The Bertz CT molecular complexity index is 1230. The number of hydrogen-bond donors (Lipinski definition) is 2. The van der Waals surface area contributed by atoms with E-state index in [1.165, 1.54) is 24.3 Å². The average molecular weight is 675 g/mol. The fourth-order valence-corrected chi connectivity index (χ4v) is 5.56. The van der Waals surface area contributed by atoms with Crippen molar-refractivity contribution < 1.29 is 45.4 Å². The molecule has 0 bridgehead atoms. The zero-order chi connectivity index (χ0) is 34.8. The predicted octanol–water partition coefficient (Wildman–Crippen LogP) is 6.95. The third-order valence-electron chi connectivity index (χ3n) is 7.82. The van der Waals surface area contributed by atoms with E-state index in [4.69, 9.17) is 0 Å². The van der Waals surface area contributed by atoms with Crippen molar-refractivity contribution >= 4 is 23.2 Å². The highest BCUT2D eigenvalue weighted by atomic mass is 19.3. The van der Waals surface area contributed by atoms with Crippen LogP contribution in [0.4, 0.5) is 37.7 Å². The highest BCUT2D eigenvalue weighted by molar-refractivity contribution is 5.93. The maximum absolute atomic E-state index is 13.3. The maximum atomic E-state index is 13.3. The number of halogens is 6. The molecule has 0 aliphatic carbocycles. The molecule has 2 N–H and O–H groups in total. The molecular weight excluding hydrogens is 630 g/mol. The van der Waals surface area contributed by atoms with Gasteiger partial charge in [0.2, 0.25) is 11.8 Å². The number of anilines is 2. The Kier molecular flexibility index (Phi) is 13.8. The van der Waals surface area contributed by atoms with E-state index >= 15 is 0 Å². The van der Waals surface area contributed by atoms with Crippen molar-refractivity contribution in [3.8, 4) is 11.5 Å². The standard InChI is InChI=1S/C33H44F6N4O4/c1-22-16-26(46-32(36,37)20-34)17-23(2)30(22)40-28(44)8-5-10-42-12-7-13-43(15-14-42)11-6-9-29(45)41-31-24(3)18-27(19-25(31)4)47-33(38,39)21-35/h16-19H,5-15,20-21H2,1-4H3,(H,40,44)(H,41,45). The van der Waals surface area contributed by atoms with Gasteiger partial charge in [0.15, 0.2) is 13.3 Å². The van der Waals surface area contributed by atoms with E-state index < -0.39 is 25.6 Å². The molecular formula is C33H44F6N4O4. The minimum absolute atomic E-state index is 0.174. The summed E-state index contributed by atoms with van der Waals surface area (Å²) in [5.41, 5.74) is 3.15. The summed E-state index contributed by atoms with van der Waals surface area (Å²) < 4.78 is 86.8. The first kappa shape index (κ1) is 37.9. The molecule has 47 heavy (non-hydrogen) atoms. The Labute approximate surface area is 271 Å². The van der Waals surface area contributed by atoms with Crippen molar-refractivity contribution in [1.29, 1.82) is 0 Å². The predicted molar refractivity (Wildman–Crippen MR) is 168 cm³/mol. The van der Waals surface area contributed by atoms with Crippen LogP contribution in [0.15, 0.2) is 24.3 Å². The Balaban J connectivity index is 1.37. The lowest BCUT2D eigenvalue weighted by molar-refractivity contribution is -0.187. The van der Waals surface area contributed by atoms with Crippen molar-refractivity contribution in [3.05, 3.63) is 46.5 Å². The van der Waals surface area contributed by atoms with Crippen LogP contribution >= 0.6 is 0 Å². The first-order valence-electron chi connectivity index (χ1n) is 15.6. The van der Waals surface area contributed by atoms with Gasteiger partial charge < -0.3 is 29.9 Å². The number of rotatable bonds is 16. The molecule has 2 aromatic carbocycles. The monoisotopic (exact) mass is 674 g/mol. The fourth-order valence-electron chi connectivity index (χ4n) is 5.56. The van der Waals surface area contributed by atoms with Gasteiger partial charge >= 0.3 is 12.2 Å². The molecule has 0 atom stereocenters. The van der Waals surface area contributed by atoms with Gasteiger partial charge in [0.1, 0.15) is 11.5 Å². The molecule has 2 aromatic rings. The highest BCUT2D eigenvalue weighted by Gasteiger charge is 2.33. The fraction of sp³-hybridized carbons (Fsp3) is 0.576. The van der Waals surface area contributed by atoms with Gasteiger partial charge in [-0.25, -0.2) is 8.78 Å². The van der Waals surface area contributed by atoms with Gasteiger partial charge in [0.05, 0.1) is 0 Å². The molecule has 1 saturated heterocycles. The topological polar surface area (TPSA) is 83.1 Å². The molecule has 2 amide bonds. The lowest BCUT2D eigenvalue weighted by Crippen LogP contribution is -2.32. The summed E-state index contributed by atoms with van der Waals surface area (Å²) in [6.45, 7) is 7.64. The number of benzene rings is 2. The second kappa shape index (κ2) is 17.0. The van der Waals surface area contributed by atoms with Crippen molar-refractivity contribution in [1.82, 2.24) is 9.80 Å². The number of amides is 2. The Hall–Kier alpha value is -3.52. The van der Waals surface area contributed by atoms with Crippen LogP contribution in [0.5, 0.6) is 11.5 Å². The molecule has 0 spiro atoms. The van der Waals surface area contributed by atoms with Crippen LogP contribution in [0.25, 0.3) is 0 Å². The minimum atomic E-state index is -3.91. The van der Waals surface area contributed by atoms with Crippen LogP contribution in [0.2, 0.25) is 0 Å². The normalized spacial score (nSPS) is 14.9. The molecule has 262 valence electrons.